The molecule has 1 aromatic heterocycles. The van der Waals surface area contributed by atoms with Crippen LogP contribution in [0.5, 0.6) is 0 Å². The van der Waals surface area contributed by atoms with Gasteiger partial charge in [0.2, 0.25) is 5.91 Å². The second-order valence-corrected chi connectivity index (χ2v) is 7.84. The third-order valence-electron chi connectivity index (χ3n) is 5.27. The largest absolute Gasteiger partial charge is 0.355 e. The third-order valence-corrected chi connectivity index (χ3v) is 5.52. The van der Waals surface area contributed by atoms with Crippen LogP contribution in [0.1, 0.15) is 18.4 Å². The van der Waals surface area contributed by atoms with Gasteiger partial charge in [0.25, 0.3) is 0 Å². The summed E-state index contributed by atoms with van der Waals surface area (Å²) in [6.45, 7) is 3.65. The SMILES string of the molecule is Cc1cccc(-c2ccc(N3CCC(C(=O)Nc4ccc(Cl)cc4)CC3)nn2)c1. The lowest BCUT2D eigenvalue weighted by Gasteiger charge is -2.31. The Labute approximate surface area is 175 Å². The van der Waals surface area contributed by atoms with E-state index in [-0.39, 0.29) is 11.8 Å². The van der Waals surface area contributed by atoms with E-state index in [1.807, 2.05) is 36.4 Å². The highest BCUT2D eigenvalue weighted by molar-refractivity contribution is 6.30. The molecule has 0 aliphatic carbocycles. The highest BCUT2D eigenvalue weighted by Crippen LogP contribution is 2.25. The zero-order valence-corrected chi connectivity index (χ0v) is 17.1. The van der Waals surface area contributed by atoms with Crippen molar-refractivity contribution in [2.75, 3.05) is 23.3 Å². The minimum absolute atomic E-state index is 0.00135. The van der Waals surface area contributed by atoms with E-state index in [1.165, 1.54) is 5.56 Å². The van der Waals surface area contributed by atoms with Gasteiger partial charge in [-0.25, -0.2) is 0 Å². The molecular formula is C23H23ClN4O. The van der Waals surface area contributed by atoms with Crippen LogP contribution in [0.15, 0.2) is 60.7 Å². The van der Waals surface area contributed by atoms with Gasteiger partial charge in [-0.1, -0.05) is 35.4 Å². The van der Waals surface area contributed by atoms with E-state index in [0.717, 1.165) is 48.7 Å². The van der Waals surface area contributed by atoms with Crippen LogP contribution >= 0.6 is 11.6 Å². The molecule has 1 amide bonds. The van der Waals surface area contributed by atoms with Crippen molar-refractivity contribution in [3.8, 4) is 11.3 Å². The number of benzene rings is 2. The number of carbonyl (C=O) groups excluding carboxylic acids is 1. The number of anilines is 2. The van der Waals surface area contributed by atoms with Crippen LogP contribution in [0.25, 0.3) is 11.3 Å². The molecule has 0 atom stereocenters. The summed E-state index contributed by atoms with van der Waals surface area (Å²) >= 11 is 5.89. The van der Waals surface area contributed by atoms with Gasteiger partial charge in [0.15, 0.2) is 5.82 Å². The van der Waals surface area contributed by atoms with Crippen LogP contribution in [0, 0.1) is 12.8 Å². The van der Waals surface area contributed by atoms with Crippen molar-refractivity contribution in [1.82, 2.24) is 10.2 Å². The van der Waals surface area contributed by atoms with Crippen molar-refractivity contribution in [2.24, 2.45) is 5.92 Å². The Bertz CT molecular complexity index is 981. The van der Waals surface area contributed by atoms with E-state index in [9.17, 15) is 4.79 Å². The van der Waals surface area contributed by atoms with E-state index in [4.69, 9.17) is 11.6 Å². The Morgan fingerprint density at radius 1 is 1.03 bits per heavy atom. The quantitative estimate of drug-likeness (QED) is 0.665. The molecule has 3 aromatic rings. The number of aromatic nitrogens is 2. The maximum Gasteiger partial charge on any atom is 0.227 e. The monoisotopic (exact) mass is 406 g/mol. The molecule has 6 heteroatoms. The molecule has 0 saturated carbocycles. The summed E-state index contributed by atoms with van der Waals surface area (Å²) in [4.78, 5) is 14.7. The lowest BCUT2D eigenvalue weighted by atomic mass is 9.96. The van der Waals surface area contributed by atoms with Gasteiger partial charge in [0, 0.05) is 35.3 Å². The third kappa shape index (κ3) is 4.74. The second kappa shape index (κ2) is 8.62. The van der Waals surface area contributed by atoms with Crippen molar-refractivity contribution < 1.29 is 4.79 Å². The topological polar surface area (TPSA) is 58.1 Å². The first kappa shape index (κ1) is 19.4. The van der Waals surface area contributed by atoms with Crippen LogP contribution in [0.4, 0.5) is 11.5 Å². The molecule has 0 spiro atoms. The molecule has 148 valence electrons. The Morgan fingerprint density at radius 3 is 2.45 bits per heavy atom. The van der Waals surface area contributed by atoms with Gasteiger partial charge in [-0.15, -0.1) is 10.2 Å². The average molecular weight is 407 g/mol. The van der Waals surface area contributed by atoms with Gasteiger partial charge in [-0.2, -0.15) is 0 Å². The molecule has 1 N–H and O–H groups in total. The van der Waals surface area contributed by atoms with E-state index < -0.39 is 0 Å². The summed E-state index contributed by atoms with van der Waals surface area (Å²) in [5, 5.41) is 12.5. The van der Waals surface area contributed by atoms with Crippen LogP contribution in [-0.2, 0) is 4.79 Å². The number of piperidine rings is 1. The fraction of sp³-hybridized carbons (Fsp3) is 0.261. The molecule has 0 unspecified atom stereocenters. The number of hydrogen-bond donors (Lipinski definition) is 1. The molecule has 1 saturated heterocycles. The molecule has 1 aliphatic heterocycles. The molecule has 4 rings (SSSR count). The molecule has 2 aromatic carbocycles. The Hall–Kier alpha value is -2.92. The van der Waals surface area contributed by atoms with Crippen LogP contribution in [0.3, 0.4) is 0 Å². The summed E-state index contributed by atoms with van der Waals surface area (Å²) in [5.74, 6) is 0.923. The van der Waals surface area contributed by atoms with E-state index in [0.29, 0.717) is 5.02 Å². The normalized spacial score (nSPS) is 14.6. The highest BCUT2D eigenvalue weighted by Gasteiger charge is 2.26. The first-order valence-electron chi connectivity index (χ1n) is 9.80. The molecule has 29 heavy (non-hydrogen) atoms. The number of hydrogen-bond acceptors (Lipinski definition) is 4. The maximum atomic E-state index is 12.5. The number of halogens is 1. The summed E-state index contributed by atoms with van der Waals surface area (Å²) in [6.07, 6.45) is 1.58. The minimum atomic E-state index is 0.00135. The zero-order valence-electron chi connectivity index (χ0n) is 16.3. The van der Waals surface area contributed by atoms with Gasteiger partial charge in [-0.05, 0) is 62.2 Å². The summed E-state index contributed by atoms with van der Waals surface area (Å²) in [5.41, 5.74) is 3.92. The molecule has 1 fully saturated rings. The lowest BCUT2D eigenvalue weighted by Crippen LogP contribution is -2.38. The average Bonchev–Trinajstić information content (AvgIpc) is 2.75. The number of nitrogens with zero attached hydrogens (tertiary/aromatic N) is 3. The number of carbonyl (C=O) groups is 1. The minimum Gasteiger partial charge on any atom is -0.355 e. The van der Waals surface area contributed by atoms with Gasteiger partial charge in [0.05, 0.1) is 5.69 Å². The second-order valence-electron chi connectivity index (χ2n) is 7.40. The number of rotatable bonds is 4. The van der Waals surface area contributed by atoms with Gasteiger partial charge >= 0.3 is 0 Å². The van der Waals surface area contributed by atoms with E-state index in [1.54, 1.807) is 12.1 Å². The fourth-order valence-corrected chi connectivity index (χ4v) is 3.73. The first-order chi connectivity index (χ1) is 14.1. The zero-order chi connectivity index (χ0) is 20.2. The van der Waals surface area contributed by atoms with Crippen LogP contribution in [-0.4, -0.2) is 29.2 Å². The van der Waals surface area contributed by atoms with Gasteiger partial charge < -0.3 is 10.2 Å². The number of nitrogens with one attached hydrogen (secondary N) is 1. The summed E-state index contributed by atoms with van der Waals surface area (Å²) in [7, 11) is 0. The summed E-state index contributed by atoms with van der Waals surface area (Å²) < 4.78 is 0. The molecule has 0 bridgehead atoms. The smallest absolute Gasteiger partial charge is 0.227 e. The Kier molecular flexibility index (Phi) is 5.76. The van der Waals surface area contributed by atoms with Crippen LogP contribution < -0.4 is 10.2 Å². The van der Waals surface area contributed by atoms with Crippen LogP contribution in [0.2, 0.25) is 5.02 Å². The van der Waals surface area contributed by atoms with E-state index >= 15 is 0 Å². The molecule has 0 radical (unpaired) electrons. The predicted molar refractivity (Wildman–Crippen MR) is 117 cm³/mol. The number of aryl methyl sites for hydroxylation is 1. The van der Waals surface area contributed by atoms with Crippen molar-refractivity contribution in [2.45, 2.75) is 19.8 Å². The predicted octanol–water partition coefficient (Wildman–Crippen LogP) is 4.96. The van der Waals surface area contributed by atoms with E-state index in [2.05, 4.69) is 39.5 Å². The maximum absolute atomic E-state index is 12.5. The Balaban J connectivity index is 1.34. The van der Waals surface area contributed by atoms with Gasteiger partial charge in [-0.3, -0.25) is 4.79 Å². The fourth-order valence-electron chi connectivity index (χ4n) is 3.60. The lowest BCUT2D eigenvalue weighted by molar-refractivity contribution is -0.120. The van der Waals surface area contributed by atoms with Crippen molar-refractivity contribution in [1.29, 1.82) is 0 Å². The van der Waals surface area contributed by atoms with Crippen molar-refractivity contribution in [3.63, 3.8) is 0 Å². The molecular weight excluding hydrogens is 384 g/mol. The molecule has 5 nitrogen and oxygen atoms in total. The molecule has 1 aliphatic rings. The first-order valence-corrected chi connectivity index (χ1v) is 10.2. The number of amides is 1. The highest BCUT2D eigenvalue weighted by atomic mass is 35.5. The van der Waals surface area contributed by atoms with Crippen molar-refractivity contribution >= 4 is 29.0 Å². The summed E-state index contributed by atoms with van der Waals surface area (Å²) in [6, 6.07) is 19.5. The molecule has 2 heterocycles. The Morgan fingerprint density at radius 2 is 1.79 bits per heavy atom. The standard InChI is InChI=1S/C23H23ClN4O/c1-16-3-2-4-18(15-16)21-9-10-22(27-26-21)28-13-11-17(12-14-28)23(29)25-20-7-5-19(24)6-8-20/h2-10,15,17H,11-14H2,1H3,(H,25,29). The van der Waals surface area contributed by atoms with Gasteiger partial charge in [0.1, 0.15) is 0 Å². The van der Waals surface area contributed by atoms with Crippen molar-refractivity contribution in [3.05, 3.63) is 71.2 Å².